The number of thiophene rings is 1. The fourth-order valence-electron chi connectivity index (χ4n) is 1.49. The van der Waals surface area contributed by atoms with Crippen LogP contribution < -0.4 is 5.73 Å². The minimum atomic E-state index is 0.299. The lowest BCUT2D eigenvalue weighted by Crippen LogP contribution is -1.92. The standard InChI is InChI=1S/C10H11NOS/c1-2-6-3-4-8-9(10(6)11)7(12)5-13-8/h3-5,12H,2,11H2,1H3. The van der Waals surface area contributed by atoms with Crippen molar-refractivity contribution in [2.75, 3.05) is 5.73 Å². The molecule has 1 heterocycles. The van der Waals surface area contributed by atoms with Crippen LogP contribution in [0.3, 0.4) is 0 Å². The minimum absolute atomic E-state index is 0.299. The van der Waals surface area contributed by atoms with Gasteiger partial charge in [0.05, 0.1) is 5.39 Å². The average Bonchev–Trinajstić information content (AvgIpc) is 2.49. The predicted octanol–water partition coefficient (Wildman–Crippen LogP) is 2.75. The molecule has 0 spiro atoms. The topological polar surface area (TPSA) is 46.2 Å². The number of hydrogen-bond donors (Lipinski definition) is 2. The second kappa shape index (κ2) is 2.92. The molecule has 0 atom stereocenters. The molecule has 0 bridgehead atoms. The van der Waals surface area contributed by atoms with Gasteiger partial charge in [-0.3, -0.25) is 0 Å². The molecule has 68 valence electrons. The zero-order valence-corrected chi connectivity index (χ0v) is 8.19. The second-order valence-corrected chi connectivity index (χ2v) is 3.90. The fourth-order valence-corrected chi connectivity index (χ4v) is 2.33. The summed E-state index contributed by atoms with van der Waals surface area (Å²) in [4.78, 5) is 0. The molecule has 13 heavy (non-hydrogen) atoms. The van der Waals surface area contributed by atoms with Crippen LogP contribution in [0.2, 0.25) is 0 Å². The maximum atomic E-state index is 9.54. The minimum Gasteiger partial charge on any atom is -0.506 e. The van der Waals surface area contributed by atoms with Crippen molar-refractivity contribution in [3.63, 3.8) is 0 Å². The van der Waals surface area contributed by atoms with Gasteiger partial charge in [0.25, 0.3) is 0 Å². The Morgan fingerprint density at radius 2 is 2.23 bits per heavy atom. The number of aryl methyl sites for hydroxylation is 1. The molecule has 1 aromatic heterocycles. The Morgan fingerprint density at radius 3 is 2.92 bits per heavy atom. The molecule has 0 amide bonds. The van der Waals surface area contributed by atoms with Crippen molar-refractivity contribution < 1.29 is 5.11 Å². The number of nitrogens with two attached hydrogens (primary N) is 1. The summed E-state index contributed by atoms with van der Waals surface area (Å²) >= 11 is 1.52. The van der Waals surface area contributed by atoms with Crippen LogP contribution in [0, 0.1) is 0 Å². The van der Waals surface area contributed by atoms with E-state index in [1.54, 1.807) is 5.38 Å². The molecule has 1 aromatic carbocycles. The summed E-state index contributed by atoms with van der Waals surface area (Å²) in [5.41, 5.74) is 7.74. The monoisotopic (exact) mass is 193 g/mol. The lowest BCUT2D eigenvalue weighted by atomic mass is 10.1. The Labute approximate surface area is 80.6 Å². The maximum absolute atomic E-state index is 9.54. The molecular formula is C10H11NOS. The summed E-state index contributed by atoms with van der Waals surface area (Å²) in [5, 5.41) is 12.1. The molecule has 3 N–H and O–H groups in total. The smallest absolute Gasteiger partial charge is 0.136 e. The summed E-state index contributed by atoms with van der Waals surface area (Å²) in [6, 6.07) is 4.03. The van der Waals surface area contributed by atoms with Crippen LogP contribution in [0.4, 0.5) is 5.69 Å². The predicted molar refractivity (Wildman–Crippen MR) is 57.3 cm³/mol. The van der Waals surface area contributed by atoms with Crippen LogP contribution >= 0.6 is 11.3 Å². The third kappa shape index (κ3) is 1.16. The third-order valence-electron chi connectivity index (χ3n) is 2.23. The van der Waals surface area contributed by atoms with E-state index in [0.717, 1.165) is 27.8 Å². The summed E-state index contributed by atoms with van der Waals surface area (Å²) in [5.74, 6) is 0.299. The highest BCUT2D eigenvalue weighted by molar-refractivity contribution is 7.17. The van der Waals surface area contributed by atoms with E-state index in [-0.39, 0.29) is 0 Å². The van der Waals surface area contributed by atoms with Gasteiger partial charge in [0.1, 0.15) is 5.75 Å². The first-order valence-electron chi connectivity index (χ1n) is 4.21. The van der Waals surface area contributed by atoms with Crippen LogP contribution in [0.5, 0.6) is 5.75 Å². The molecule has 0 saturated carbocycles. The van der Waals surface area contributed by atoms with Crippen LogP contribution in [0.1, 0.15) is 12.5 Å². The van der Waals surface area contributed by atoms with Crippen LogP contribution in [0.15, 0.2) is 17.5 Å². The number of nitrogen functional groups attached to an aromatic ring is 1. The molecule has 2 aromatic rings. The number of fused-ring (bicyclic) bond motifs is 1. The van der Waals surface area contributed by atoms with Gasteiger partial charge in [-0.15, -0.1) is 11.3 Å². The van der Waals surface area contributed by atoms with Crippen LogP contribution in [-0.4, -0.2) is 5.11 Å². The Balaban J connectivity index is 2.83. The van der Waals surface area contributed by atoms with Gasteiger partial charge in [0.2, 0.25) is 0 Å². The third-order valence-corrected chi connectivity index (χ3v) is 3.17. The maximum Gasteiger partial charge on any atom is 0.136 e. The first-order chi connectivity index (χ1) is 6.24. The van der Waals surface area contributed by atoms with E-state index < -0.39 is 0 Å². The highest BCUT2D eigenvalue weighted by Gasteiger charge is 2.08. The van der Waals surface area contributed by atoms with Crippen molar-refractivity contribution in [1.82, 2.24) is 0 Å². The normalized spacial score (nSPS) is 10.8. The SMILES string of the molecule is CCc1ccc2scc(O)c2c1N. The van der Waals surface area contributed by atoms with Gasteiger partial charge >= 0.3 is 0 Å². The van der Waals surface area contributed by atoms with Crippen molar-refractivity contribution >= 4 is 27.1 Å². The van der Waals surface area contributed by atoms with Crippen molar-refractivity contribution in [2.24, 2.45) is 0 Å². The molecule has 3 heteroatoms. The zero-order valence-electron chi connectivity index (χ0n) is 7.37. The molecule has 0 aliphatic heterocycles. The lowest BCUT2D eigenvalue weighted by Gasteiger charge is -2.03. The molecular weight excluding hydrogens is 182 g/mol. The molecule has 0 saturated heterocycles. The van der Waals surface area contributed by atoms with Gasteiger partial charge < -0.3 is 10.8 Å². The van der Waals surface area contributed by atoms with Gasteiger partial charge in [-0.2, -0.15) is 0 Å². The molecule has 0 fully saturated rings. The summed E-state index contributed by atoms with van der Waals surface area (Å²) in [6.45, 7) is 2.06. The molecule has 2 rings (SSSR count). The van der Waals surface area contributed by atoms with Gasteiger partial charge in [0, 0.05) is 15.8 Å². The Bertz CT molecular complexity index is 447. The number of hydrogen-bond acceptors (Lipinski definition) is 3. The van der Waals surface area contributed by atoms with E-state index in [9.17, 15) is 5.11 Å². The van der Waals surface area contributed by atoms with Gasteiger partial charge in [-0.25, -0.2) is 0 Å². The second-order valence-electron chi connectivity index (χ2n) is 2.99. The van der Waals surface area contributed by atoms with Gasteiger partial charge in [0.15, 0.2) is 0 Å². The molecule has 0 unspecified atom stereocenters. The molecule has 0 aliphatic rings. The quantitative estimate of drug-likeness (QED) is 0.684. The largest absolute Gasteiger partial charge is 0.506 e. The Morgan fingerprint density at radius 1 is 1.46 bits per heavy atom. The molecule has 2 nitrogen and oxygen atoms in total. The number of benzene rings is 1. The van der Waals surface area contributed by atoms with E-state index in [4.69, 9.17) is 5.73 Å². The highest BCUT2D eigenvalue weighted by Crippen LogP contribution is 2.37. The van der Waals surface area contributed by atoms with Crippen molar-refractivity contribution in [1.29, 1.82) is 0 Å². The van der Waals surface area contributed by atoms with Gasteiger partial charge in [-0.05, 0) is 18.1 Å². The van der Waals surface area contributed by atoms with Crippen molar-refractivity contribution in [3.05, 3.63) is 23.1 Å². The van der Waals surface area contributed by atoms with E-state index in [1.165, 1.54) is 11.3 Å². The lowest BCUT2D eigenvalue weighted by molar-refractivity contribution is 0.484. The van der Waals surface area contributed by atoms with Crippen LogP contribution in [-0.2, 0) is 6.42 Å². The van der Waals surface area contributed by atoms with E-state index >= 15 is 0 Å². The van der Waals surface area contributed by atoms with Crippen molar-refractivity contribution in [3.8, 4) is 5.75 Å². The van der Waals surface area contributed by atoms with E-state index in [0.29, 0.717) is 5.75 Å². The van der Waals surface area contributed by atoms with Crippen molar-refractivity contribution in [2.45, 2.75) is 13.3 Å². The summed E-state index contributed by atoms with van der Waals surface area (Å²) in [6.07, 6.45) is 0.900. The fraction of sp³-hybridized carbons (Fsp3) is 0.200. The highest BCUT2D eigenvalue weighted by atomic mass is 32.1. The summed E-state index contributed by atoms with van der Waals surface area (Å²) in [7, 11) is 0. The first-order valence-corrected chi connectivity index (χ1v) is 5.09. The van der Waals surface area contributed by atoms with E-state index in [2.05, 4.69) is 6.92 Å². The summed E-state index contributed by atoms with van der Waals surface area (Å²) < 4.78 is 1.05. The van der Waals surface area contributed by atoms with Gasteiger partial charge in [-0.1, -0.05) is 13.0 Å². The Kier molecular flexibility index (Phi) is 1.88. The zero-order chi connectivity index (χ0) is 9.42. The van der Waals surface area contributed by atoms with Crippen LogP contribution in [0.25, 0.3) is 10.1 Å². The molecule has 0 aliphatic carbocycles. The Hall–Kier alpha value is -1.22. The average molecular weight is 193 g/mol. The first kappa shape index (κ1) is 8.38. The molecule has 0 radical (unpaired) electrons. The number of aromatic hydroxyl groups is 1. The van der Waals surface area contributed by atoms with E-state index in [1.807, 2.05) is 12.1 Å². The number of anilines is 1. The number of rotatable bonds is 1.